The minimum absolute atomic E-state index is 0.0398. The van der Waals surface area contributed by atoms with E-state index in [-0.39, 0.29) is 18.6 Å². The predicted molar refractivity (Wildman–Crippen MR) is 76.2 cm³/mol. The summed E-state index contributed by atoms with van der Waals surface area (Å²) >= 11 is 0. The zero-order valence-electron chi connectivity index (χ0n) is 11.8. The molecule has 4 nitrogen and oxygen atoms in total. The van der Waals surface area contributed by atoms with Gasteiger partial charge in [-0.3, -0.25) is 4.79 Å². The molecule has 2 rings (SSSR count). The number of para-hydroxylation sites is 1. The van der Waals surface area contributed by atoms with Gasteiger partial charge in [-0.15, -0.1) is 0 Å². The maximum Gasteiger partial charge on any atom is 0.258 e. The normalized spacial score (nSPS) is 21.8. The Hall–Kier alpha value is -2.02. The maximum atomic E-state index is 11.9. The van der Waals surface area contributed by atoms with E-state index in [1.54, 1.807) is 24.3 Å². The van der Waals surface area contributed by atoms with Crippen LogP contribution in [0.5, 0.6) is 5.75 Å². The topological polar surface area (TPSA) is 62.1 Å². The summed E-state index contributed by atoms with van der Waals surface area (Å²) in [5.74, 6) is 0.873. The van der Waals surface area contributed by atoms with Gasteiger partial charge in [-0.05, 0) is 30.9 Å². The number of nitrogens with zero attached hydrogens (tertiary/aromatic N) is 1. The van der Waals surface area contributed by atoms with Gasteiger partial charge in [0.05, 0.1) is 5.56 Å². The SMILES string of the molecule is C[C@H]1CCCC[C@H]1NC(=O)COc1ccccc1C#N. The third-order valence-electron chi connectivity index (χ3n) is 3.82. The van der Waals surface area contributed by atoms with Crippen molar-refractivity contribution in [2.45, 2.75) is 38.6 Å². The Kier molecular flexibility index (Phi) is 5.00. The molecular formula is C16H20N2O2. The molecule has 0 aliphatic heterocycles. The summed E-state index contributed by atoms with van der Waals surface area (Å²) in [6.07, 6.45) is 4.64. The summed E-state index contributed by atoms with van der Waals surface area (Å²) in [5.41, 5.74) is 0.450. The van der Waals surface area contributed by atoms with Gasteiger partial charge in [0.1, 0.15) is 11.8 Å². The van der Waals surface area contributed by atoms with Crippen LogP contribution in [-0.4, -0.2) is 18.6 Å². The second kappa shape index (κ2) is 6.95. The highest BCUT2D eigenvalue weighted by molar-refractivity contribution is 5.78. The van der Waals surface area contributed by atoms with Crippen LogP contribution in [0.25, 0.3) is 0 Å². The highest BCUT2D eigenvalue weighted by atomic mass is 16.5. The van der Waals surface area contributed by atoms with Gasteiger partial charge in [-0.1, -0.05) is 31.9 Å². The van der Waals surface area contributed by atoms with Crippen molar-refractivity contribution < 1.29 is 9.53 Å². The molecule has 1 aliphatic rings. The van der Waals surface area contributed by atoms with E-state index in [1.807, 2.05) is 0 Å². The lowest BCUT2D eigenvalue weighted by molar-refractivity contribution is -0.124. The van der Waals surface area contributed by atoms with Crippen LogP contribution in [0.2, 0.25) is 0 Å². The number of rotatable bonds is 4. The van der Waals surface area contributed by atoms with Crippen molar-refractivity contribution in [1.29, 1.82) is 5.26 Å². The Morgan fingerprint density at radius 1 is 1.40 bits per heavy atom. The van der Waals surface area contributed by atoms with E-state index >= 15 is 0 Å². The van der Waals surface area contributed by atoms with Crippen LogP contribution in [0.15, 0.2) is 24.3 Å². The Labute approximate surface area is 119 Å². The average Bonchev–Trinajstić information content (AvgIpc) is 2.48. The lowest BCUT2D eigenvalue weighted by atomic mass is 9.86. The second-order valence-corrected chi connectivity index (χ2v) is 5.33. The average molecular weight is 272 g/mol. The van der Waals surface area contributed by atoms with E-state index < -0.39 is 0 Å². The number of nitrogens with one attached hydrogen (secondary N) is 1. The first-order valence-corrected chi connectivity index (χ1v) is 7.12. The summed E-state index contributed by atoms with van der Waals surface area (Å²) in [5, 5.41) is 12.0. The molecule has 1 amide bonds. The monoisotopic (exact) mass is 272 g/mol. The van der Waals surface area contributed by atoms with Crippen molar-refractivity contribution in [2.75, 3.05) is 6.61 Å². The minimum atomic E-state index is -0.114. The fourth-order valence-electron chi connectivity index (χ4n) is 2.61. The lowest BCUT2D eigenvalue weighted by Gasteiger charge is -2.29. The number of ether oxygens (including phenoxy) is 1. The van der Waals surface area contributed by atoms with Crippen molar-refractivity contribution in [3.63, 3.8) is 0 Å². The molecular weight excluding hydrogens is 252 g/mol. The van der Waals surface area contributed by atoms with Crippen LogP contribution < -0.4 is 10.1 Å². The second-order valence-electron chi connectivity index (χ2n) is 5.33. The summed E-state index contributed by atoms with van der Waals surface area (Å²) in [6, 6.07) is 9.25. The first-order chi connectivity index (χ1) is 9.70. The summed E-state index contributed by atoms with van der Waals surface area (Å²) in [7, 11) is 0. The van der Waals surface area contributed by atoms with Crippen LogP contribution >= 0.6 is 0 Å². The third kappa shape index (κ3) is 3.74. The number of carbonyl (C=O) groups is 1. The van der Waals surface area contributed by atoms with Gasteiger partial charge in [0.25, 0.3) is 5.91 Å². The van der Waals surface area contributed by atoms with E-state index in [1.165, 1.54) is 19.3 Å². The van der Waals surface area contributed by atoms with Crippen molar-refractivity contribution >= 4 is 5.91 Å². The van der Waals surface area contributed by atoms with Gasteiger partial charge in [-0.25, -0.2) is 0 Å². The Bertz CT molecular complexity index is 507. The summed E-state index contributed by atoms with van der Waals surface area (Å²) in [4.78, 5) is 11.9. The van der Waals surface area contributed by atoms with Crippen molar-refractivity contribution in [3.8, 4) is 11.8 Å². The van der Waals surface area contributed by atoms with Gasteiger partial charge in [0.15, 0.2) is 6.61 Å². The molecule has 0 aromatic heterocycles. The molecule has 0 radical (unpaired) electrons. The first kappa shape index (κ1) is 14.4. The van der Waals surface area contributed by atoms with Gasteiger partial charge in [0, 0.05) is 6.04 Å². The van der Waals surface area contributed by atoms with Gasteiger partial charge >= 0.3 is 0 Å². The number of benzene rings is 1. The van der Waals surface area contributed by atoms with E-state index in [4.69, 9.17) is 10.00 Å². The van der Waals surface area contributed by atoms with Crippen LogP contribution in [-0.2, 0) is 4.79 Å². The number of carbonyl (C=O) groups excluding carboxylic acids is 1. The van der Waals surface area contributed by atoms with Crippen molar-refractivity contribution in [1.82, 2.24) is 5.32 Å². The maximum absolute atomic E-state index is 11.9. The molecule has 1 aromatic carbocycles. The highest BCUT2D eigenvalue weighted by Gasteiger charge is 2.22. The van der Waals surface area contributed by atoms with Gasteiger partial charge in [0.2, 0.25) is 0 Å². The molecule has 1 fully saturated rings. The van der Waals surface area contributed by atoms with E-state index in [0.29, 0.717) is 17.2 Å². The molecule has 0 heterocycles. The molecule has 4 heteroatoms. The standard InChI is InChI=1S/C16H20N2O2/c1-12-6-2-4-8-14(12)18-16(19)11-20-15-9-5-3-7-13(15)10-17/h3,5,7,9,12,14H,2,4,6,8,11H2,1H3,(H,18,19)/t12-,14+/m0/s1. The number of amides is 1. The molecule has 20 heavy (non-hydrogen) atoms. The first-order valence-electron chi connectivity index (χ1n) is 7.12. The Morgan fingerprint density at radius 2 is 2.15 bits per heavy atom. The highest BCUT2D eigenvalue weighted by Crippen LogP contribution is 2.23. The molecule has 0 spiro atoms. The summed E-state index contributed by atoms with van der Waals surface area (Å²) < 4.78 is 5.43. The lowest BCUT2D eigenvalue weighted by Crippen LogP contribution is -2.43. The Balaban J connectivity index is 1.84. The zero-order chi connectivity index (χ0) is 14.4. The Morgan fingerprint density at radius 3 is 2.90 bits per heavy atom. The molecule has 0 saturated heterocycles. The number of nitriles is 1. The third-order valence-corrected chi connectivity index (χ3v) is 3.82. The van der Waals surface area contributed by atoms with Crippen LogP contribution in [0.4, 0.5) is 0 Å². The minimum Gasteiger partial charge on any atom is -0.482 e. The number of hydrogen-bond donors (Lipinski definition) is 1. The van der Waals surface area contributed by atoms with Gasteiger partial charge < -0.3 is 10.1 Å². The van der Waals surface area contributed by atoms with E-state index in [9.17, 15) is 4.79 Å². The predicted octanol–water partition coefficient (Wildman–Crippen LogP) is 2.63. The molecule has 106 valence electrons. The smallest absolute Gasteiger partial charge is 0.258 e. The molecule has 2 atom stereocenters. The largest absolute Gasteiger partial charge is 0.482 e. The quantitative estimate of drug-likeness (QED) is 0.916. The summed E-state index contributed by atoms with van der Waals surface area (Å²) in [6.45, 7) is 2.14. The molecule has 1 saturated carbocycles. The zero-order valence-corrected chi connectivity index (χ0v) is 11.8. The van der Waals surface area contributed by atoms with E-state index in [0.717, 1.165) is 6.42 Å². The number of hydrogen-bond acceptors (Lipinski definition) is 3. The molecule has 1 N–H and O–H groups in total. The fraction of sp³-hybridized carbons (Fsp3) is 0.500. The van der Waals surface area contributed by atoms with Crippen LogP contribution in [0.1, 0.15) is 38.2 Å². The van der Waals surface area contributed by atoms with Crippen molar-refractivity contribution in [3.05, 3.63) is 29.8 Å². The molecule has 1 aliphatic carbocycles. The fourth-order valence-corrected chi connectivity index (χ4v) is 2.61. The molecule has 0 bridgehead atoms. The van der Waals surface area contributed by atoms with Crippen LogP contribution in [0.3, 0.4) is 0 Å². The molecule has 1 aromatic rings. The van der Waals surface area contributed by atoms with Gasteiger partial charge in [-0.2, -0.15) is 5.26 Å². The van der Waals surface area contributed by atoms with Crippen molar-refractivity contribution in [2.24, 2.45) is 5.92 Å². The van der Waals surface area contributed by atoms with E-state index in [2.05, 4.69) is 18.3 Å². The molecule has 0 unspecified atom stereocenters. The van der Waals surface area contributed by atoms with Crippen LogP contribution in [0, 0.1) is 17.2 Å².